The van der Waals surface area contributed by atoms with Crippen molar-refractivity contribution in [2.24, 2.45) is 5.73 Å². The molecule has 1 aliphatic rings. The largest absolute Gasteiger partial charge is 0.491 e. The van der Waals surface area contributed by atoms with E-state index in [4.69, 9.17) is 15.2 Å². The van der Waals surface area contributed by atoms with Crippen LogP contribution in [0.1, 0.15) is 23.2 Å². The van der Waals surface area contributed by atoms with Crippen LogP contribution in [-0.4, -0.2) is 55.9 Å². The van der Waals surface area contributed by atoms with Gasteiger partial charge in [-0.25, -0.2) is 0 Å². The molecule has 0 radical (unpaired) electrons. The fourth-order valence-electron chi connectivity index (χ4n) is 2.67. The summed E-state index contributed by atoms with van der Waals surface area (Å²) in [5, 5.41) is 0. The molecule has 1 heterocycles. The van der Waals surface area contributed by atoms with E-state index in [2.05, 4.69) is 0 Å². The zero-order valence-corrected chi connectivity index (χ0v) is 13.4. The lowest BCUT2D eigenvalue weighted by Gasteiger charge is -2.39. The van der Waals surface area contributed by atoms with Gasteiger partial charge in [-0.3, -0.25) is 4.79 Å². The molecule has 5 nitrogen and oxygen atoms in total. The Kier molecular flexibility index (Phi) is 6.06. The van der Waals surface area contributed by atoms with Gasteiger partial charge >= 0.3 is 6.18 Å². The maximum Gasteiger partial charge on any atom is 0.408 e. The summed E-state index contributed by atoms with van der Waals surface area (Å²) >= 11 is 0. The van der Waals surface area contributed by atoms with E-state index in [0.29, 0.717) is 19.0 Å². The number of hydrogen-bond acceptors (Lipinski definition) is 4. The summed E-state index contributed by atoms with van der Waals surface area (Å²) in [5.41, 5.74) is 5.92. The second-order valence-corrected chi connectivity index (χ2v) is 5.72. The number of halogens is 3. The lowest BCUT2D eigenvalue weighted by molar-refractivity contribution is -0.184. The predicted octanol–water partition coefficient (Wildman–Crippen LogP) is 2.21. The van der Waals surface area contributed by atoms with Crippen LogP contribution >= 0.6 is 0 Å². The highest BCUT2D eigenvalue weighted by atomic mass is 19.4. The molecule has 1 aromatic rings. The Morgan fingerprint density at radius 2 is 1.92 bits per heavy atom. The Bertz CT molecular complexity index is 548. The highest BCUT2D eigenvalue weighted by molar-refractivity contribution is 5.94. The van der Waals surface area contributed by atoms with Crippen LogP contribution in [0.3, 0.4) is 0 Å². The normalized spacial score (nSPS) is 21.6. The summed E-state index contributed by atoms with van der Waals surface area (Å²) < 4.78 is 49.7. The molecule has 1 aliphatic heterocycles. The van der Waals surface area contributed by atoms with E-state index in [0.717, 1.165) is 4.90 Å². The van der Waals surface area contributed by atoms with Gasteiger partial charge in [-0.05, 0) is 37.1 Å². The molecule has 0 saturated carbocycles. The number of rotatable bonds is 5. The maximum atomic E-state index is 13.2. The number of nitrogens with two attached hydrogens (primary N) is 1. The van der Waals surface area contributed by atoms with Gasteiger partial charge in [0, 0.05) is 25.3 Å². The summed E-state index contributed by atoms with van der Waals surface area (Å²) in [7, 11) is 1.55. The average molecular weight is 346 g/mol. The van der Waals surface area contributed by atoms with Gasteiger partial charge in [-0.1, -0.05) is 0 Å². The molecule has 8 heteroatoms. The first kappa shape index (κ1) is 18.5. The van der Waals surface area contributed by atoms with Gasteiger partial charge in [0.15, 0.2) is 0 Å². The van der Waals surface area contributed by atoms with Crippen molar-refractivity contribution in [2.45, 2.75) is 31.1 Å². The molecule has 2 N–H and O–H groups in total. The van der Waals surface area contributed by atoms with Crippen molar-refractivity contribution >= 4 is 5.91 Å². The Morgan fingerprint density at radius 3 is 2.50 bits per heavy atom. The molecule has 0 bridgehead atoms. The van der Waals surface area contributed by atoms with Gasteiger partial charge in [0.2, 0.25) is 0 Å². The maximum absolute atomic E-state index is 13.2. The molecule has 1 saturated heterocycles. The van der Waals surface area contributed by atoms with E-state index < -0.39 is 24.2 Å². The van der Waals surface area contributed by atoms with Crippen LogP contribution in [-0.2, 0) is 4.74 Å². The van der Waals surface area contributed by atoms with Gasteiger partial charge in [-0.2, -0.15) is 13.2 Å². The topological polar surface area (TPSA) is 64.8 Å². The van der Waals surface area contributed by atoms with Crippen LogP contribution in [0, 0.1) is 0 Å². The second kappa shape index (κ2) is 7.85. The number of nitrogens with zero attached hydrogens (tertiary/aromatic N) is 1. The van der Waals surface area contributed by atoms with Crippen molar-refractivity contribution < 1.29 is 27.4 Å². The molecule has 0 spiro atoms. The van der Waals surface area contributed by atoms with E-state index >= 15 is 0 Å². The van der Waals surface area contributed by atoms with E-state index in [9.17, 15) is 18.0 Å². The highest BCUT2D eigenvalue weighted by Gasteiger charge is 2.47. The van der Waals surface area contributed by atoms with Crippen molar-refractivity contribution in [3.63, 3.8) is 0 Å². The molecule has 1 aromatic carbocycles. The average Bonchev–Trinajstić information content (AvgIpc) is 2.54. The highest BCUT2D eigenvalue weighted by Crippen LogP contribution is 2.32. The number of benzene rings is 1. The van der Waals surface area contributed by atoms with Crippen molar-refractivity contribution in [1.82, 2.24) is 4.90 Å². The third kappa shape index (κ3) is 4.61. The van der Waals surface area contributed by atoms with Gasteiger partial charge in [0.1, 0.15) is 18.4 Å². The number of carbonyl (C=O) groups excluding carboxylic acids is 1. The van der Waals surface area contributed by atoms with E-state index in [1.54, 1.807) is 19.2 Å². The molecule has 134 valence electrons. The lowest BCUT2D eigenvalue weighted by atomic mass is 9.97. The van der Waals surface area contributed by atoms with Crippen molar-refractivity contribution in [3.05, 3.63) is 29.8 Å². The minimum absolute atomic E-state index is 0.102. The van der Waals surface area contributed by atoms with Gasteiger partial charge in [-0.15, -0.1) is 0 Å². The lowest BCUT2D eigenvalue weighted by Crippen LogP contribution is -2.56. The summed E-state index contributed by atoms with van der Waals surface area (Å²) in [4.78, 5) is 13.3. The van der Waals surface area contributed by atoms with Crippen molar-refractivity contribution in [3.8, 4) is 5.75 Å². The number of alkyl halides is 3. The fourth-order valence-corrected chi connectivity index (χ4v) is 2.67. The van der Waals surface area contributed by atoms with Gasteiger partial charge in [0.05, 0.1) is 6.61 Å². The number of ether oxygens (including phenoxy) is 2. The first-order valence-electron chi connectivity index (χ1n) is 7.68. The third-order valence-electron chi connectivity index (χ3n) is 3.91. The first-order chi connectivity index (χ1) is 11.3. The number of methoxy groups -OCH3 is 1. The summed E-state index contributed by atoms with van der Waals surface area (Å²) in [6.07, 6.45) is -4.38. The SMILES string of the molecule is COCCOc1ccc(C(=O)N2C[C@H](N)CC[C@@H]2C(F)(F)F)cc1. The second-order valence-electron chi connectivity index (χ2n) is 5.72. The monoisotopic (exact) mass is 346 g/mol. The quantitative estimate of drug-likeness (QED) is 0.830. The number of likely N-dealkylation sites (tertiary alicyclic amines) is 1. The molecule has 1 amide bonds. The third-order valence-corrected chi connectivity index (χ3v) is 3.91. The predicted molar refractivity (Wildman–Crippen MR) is 81.9 cm³/mol. The molecule has 0 unspecified atom stereocenters. The van der Waals surface area contributed by atoms with Crippen LogP contribution < -0.4 is 10.5 Å². The Morgan fingerprint density at radius 1 is 1.25 bits per heavy atom. The van der Waals surface area contributed by atoms with Gasteiger partial charge < -0.3 is 20.1 Å². The molecule has 1 fully saturated rings. The summed E-state index contributed by atoms with van der Waals surface area (Å²) in [6.45, 7) is 0.662. The summed E-state index contributed by atoms with van der Waals surface area (Å²) in [5.74, 6) is -0.151. The standard InChI is InChI=1S/C16H21F3N2O3/c1-23-8-9-24-13-5-2-11(3-6-13)15(22)21-10-12(20)4-7-14(21)16(17,18)19/h2-3,5-6,12,14H,4,7-10,20H2,1H3/t12-,14-/m1/s1. The van der Waals surface area contributed by atoms with E-state index in [-0.39, 0.29) is 24.9 Å². The number of hydrogen-bond donors (Lipinski definition) is 1. The number of piperidine rings is 1. The Hall–Kier alpha value is -1.80. The van der Waals surface area contributed by atoms with E-state index in [1.807, 2.05) is 0 Å². The minimum atomic E-state index is -4.46. The van der Waals surface area contributed by atoms with Crippen LogP contribution in [0.15, 0.2) is 24.3 Å². The molecule has 2 atom stereocenters. The minimum Gasteiger partial charge on any atom is -0.491 e. The Balaban J connectivity index is 2.10. The molecule has 0 aromatic heterocycles. The zero-order valence-electron chi connectivity index (χ0n) is 13.4. The number of amides is 1. The van der Waals surface area contributed by atoms with Gasteiger partial charge in [0.25, 0.3) is 5.91 Å². The molecular formula is C16H21F3N2O3. The smallest absolute Gasteiger partial charge is 0.408 e. The zero-order chi connectivity index (χ0) is 17.7. The van der Waals surface area contributed by atoms with Crippen LogP contribution in [0.5, 0.6) is 5.75 Å². The molecular weight excluding hydrogens is 325 g/mol. The van der Waals surface area contributed by atoms with Crippen molar-refractivity contribution in [1.29, 1.82) is 0 Å². The summed E-state index contributed by atoms with van der Waals surface area (Å²) in [6, 6.07) is 3.78. The number of carbonyl (C=O) groups is 1. The Labute approximate surface area is 138 Å². The van der Waals surface area contributed by atoms with E-state index in [1.165, 1.54) is 12.1 Å². The fraction of sp³-hybridized carbons (Fsp3) is 0.562. The van der Waals surface area contributed by atoms with Crippen LogP contribution in [0.2, 0.25) is 0 Å². The molecule has 0 aliphatic carbocycles. The molecule has 24 heavy (non-hydrogen) atoms. The van der Waals surface area contributed by atoms with Crippen LogP contribution in [0.25, 0.3) is 0 Å². The van der Waals surface area contributed by atoms with Crippen molar-refractivity contribution in [2.75, 3.05) is 26.9 Å². The first-order valence-corrected chi connectivity index (χ1v) is 7.68. The van der Waals surface area contributed by atoms with Crippen LogP contribution in [0.4, 0.5) is 13.2 Å². The molecule has 2 rings (SSSR count).